The summed E-state index contributed by atoms with van der Waals surface area (Å²) in [7, 11) is 0. The Labute approximate surface area is 64.1 Å². The first-order valence-corrected chi connectivity index (χ1v) is 3.25. The SMILES string of the molecule is N#Cc1cnsc1C(F)(F)F. The lowest BCUT2D eigenvalue weighted by Gasteiger charge is -2.00. The van der Waals surface area contributed by atoms with E-state index in [1.54, 1.807) is 0 Å². The quantitative estimate of drug-likeness (QED) is 0.609. The molecule has 58 valence electrons. The Hall–Kier alpha value is -1.09. The predicted molar refractivity (Wildman–Crippen MR) is 31.8 cm³/mol. The summed E-state index contributed by atoms with van der Waals surface area (Å²) in [5, 5.41) is 8.19. The molecule has 0 unspecified atom stereocenters. The summed E-state index contributed by atoms with van der Waals surface area (Å²) in [6, 6.07) is 1.41. The minimum atomic E-state index is -4.45. The van der Waals surface area contributed by atoms with Crippen LogP contribution < -0.4 is 0 Å². The smallest absolute Gasteiger partial charge is 0.199 e. The average molecular weight is 178 g/mol. The highest BCUT2D eigenvalue weighted by molar-refractivity contribution is 7.06. The minimum absolute atomic E-state index is 0.284. The van der Waals surface area contributed by atoms with Gasteiger partial charge in [0.2, 0.25) is 0 Å². The van der Waals surface area contributed by atoms with E-state index in [0.29, 0.717) is 0 Å². The molecular formula is C5HF3N2S. The fraction of sp³-hybridized carbons (Fsp3) is 0.200. The van der Waals surface area contributed by atoms with E-state index in [1.165, 1.54) is 6.07 Å². The molecule has 0 spiro atoms. The molecular weight excluding hydrogens is 177 g/mol. The fourth-order valence-corrected chi connectivity index (χ4v) is 1.09. The lowest BCUT2D eigenvalue weighted by molar-refractivity contribution is -0.134. The second-order valence-electron chi connectivity index (χ2n) is 1.68. The van der Waals surface area contributed by atoms with E-state index in [-0.39, 0.29) is 11.5 Å². The molecule has 0 aromatic carbocycles. The summed E-state index contributed by atoms with van der Waals surface area (Å²) >= 11 is 0.284. The van der Waals surface area contributed by atoms with Crippen LogP contribution in [0.4, 0.5) is 13.2 Å². The van der Waals surface area contributed by atoms with Gasteiger partial charge in [-0.15, -0.1) is 0 Å². The van der Waals surface area contributed by atoms with Gasteiger partial charge in [0.1, 0.15) is 10.9 Å². The standard InChI is InChI=1S/C5HF3N2S/c6-5(7,8)4-3(1-9)2-10-11-4/h2H. The van der Waals surface area contributed by atoms with Gasteiger partial charge >= 0.3 is 6.18 Å². The Morgan fingerprint density at radius 1 is 1.55 bits per heavy atom. The minimum Gasteiger partial charge on any atom is -0.199 e. The van der Waals surface area contributed by atoms with E-state index in [0.717, 1.165) is 6.20 Å². The van der Waals surface area contributed by atoms with E-state index in [2.05, 4.69) is 4.37 Å². The van der Waals surface area contributed by atoms with Crippen LogP contribution in [0.15, 0.2) is 6.20 Å². The summed E-state index contributed by atoms with van der Waals surface area (Å²) < 4.78 is 38.9. The molecule has 0 fully saturated rings. The van der Waals surface area contributed by atoms with Gasteiger partial charge in [-0.1, -0.05) is 0 Å². The predicted octanol–water partition coefficient (Wildman–Crippen LogP) is 2.03. The lowest BCUT2D eigenvalue weighted by atomic mass is 10.3. The molecule has 1 aromatic heterocycles. The first-order valence-electron chi connectivity index (χ1n) is 2.47. The van der Waals surface area contributed by atoms with Crippen molar-refractivity contribution in [3.8, 4) is 6.07 Å². The average Bonchev–Trinajstić information content (AvgIpc) is 2.31. The van der Waals surface area contributed by atoms with Crippen LogP contribution >= 0.6 is 11.5 Å². The van der Waals surface area contributed by atoms with Gasteiger partial charge in [-0.2, -0.15) is 22.8 Å². The molecule has 1 aromatic rings. The van der Waals surface area contributed by atoms with Gasteiger partial charge in [0.25, 0.3) is 0 Å². The van der Waals surface area contributed by atoms with Crippen LogP contribution in [-0.2, 0) is 6.18 Å². The van der Waals surface area contributed by atoms with Crippen LogP contribution in [-0.4, -0.2) is 4.37 Å². The molecule has 1 rings (SSSR count). The molecule has 0 N–H and O–H groups in total. The van der Waals surface area contributed by atoms with Gasteiger partial charge in [-0.05, 0) is 11.5 Å². The van der Waals surface area contributed by atoms with Crippen LogP contribution in [0.5, 0.6) is 0 Å². The maximum Gasteiger partial charge on any atom is 0.428 e. The van der Waals surface area contributed by atoms with Gasteiger partial charge in [0.05, 0.1) is 11.8 Å². The number of hydrogen-bond donors (Lipinski definition) is 0. The zero-order valence-electron chi connectivity index (χ0n) is 5.01. The maximum absolute atomic E-state index is 11.9. The van der Waals surface area contributed by atoms with Gasteiger partial charge in [-0.25, -0.2) is 0 Å². The monoisotopic (exact) mass is 178 g/mol. The molecule has 0 aliphatic heterocycles. The van der Waals surface area contributed by atoms with Gasteiger partial charge < -0.3 is 0 Å². The molecule has 1 heterocycles. The van der Waals surface area contributed by atoms with Crippen molar-refractivity contribution < 1.29 is 13.2 Å². The fourth-order valence-electron chi connectivity index (χ4n) is 0.524. The van der Waals surface area contributed by atoms with Crippen LogP contribution in [0, 0.1) is 11.3 Å². The molecule has 0 radical (unpaired) electrons. The second-order valence-corrected chi connectivity index (χ2v) is 2.48. The van der Waals surface area contributed by atoms with Gasteiger partial charge in [-0.3, -0.25) is 0 Å². The number of rotatable bonds is 0. The molecule has 0 amide bonds. The van der Waals surface area contributed by atoms with Crippen molar-refractivity contribution >= 4 is 11.5 Å². The molecule has 11 heavy (non-hydrogen) atoms. The second kappa shape index (κ2) is 2.51. The molecule has 0 saturated heterocycles. The highest BCUT2D eigenvalue weighted by atomic mass is 32.1. The number of nitrogens with zero attached hydrogens (tertiary/aromatic N) is 2. The van der Waals surface area contributed by atoms with Crippen molar-refractivity contribution in [1.29, 1.82) is 5.26 Å². The molecule has 2 nitrogen and oxygen atoms in total. The van der Waals surface area contributed by atoms with E-state index in [4.69, 9.17) is 5.26 Å². The largest absolute Gasteiger partial charge is 0.428 e. The van der Waals surface area contributed by atoms with Crippen LogP contribution in [0.25, 0.3) is 0 Å². The van der Waals surface area contributed by atoms with Crippen molar-refractivity contribution in [2.24, 2.45) is 0 Å². The van der Waals surface area contributed by atoms with E-state index in [9.17, 15) is 13.2 Å². The van der Waals surface area contributed by atoms with Crippen LogP contribution in [0.1, 0.15) is 10.4 Å². The van der Waals surface area contributed by atoms with E-state index < -0.39 is 16.6 Å². The highest BCUT2D eigenvalue weighted by Gasteiger charge is 2.35. The molecule has 0 aliphatic rings. The number of alkyl halides is 3. The van der Waals surface area contributed by atoms with Crippen molar-refractivity contribution in [1.82, 2.24) is 4.37 Å². The third kappa shape index (κ3) is 1.49. The van der Waals surface area contributed by atoms with Crippen molar-refractivity contribution in [2.45, 2.75) is 6.18 Å². The summed E-state index contributed by atoms with van der Waals surface area (Å²) in [4.78, 5) is -0.931. The Morgan fingerprint density at radius 2 is 2.18 bits per heavy atom. The first kappa shape index (κ1) is 8.01. The molecule has 0 atom stereocenters. The summed E-state index contributed by atoms with van der Waals surface area (Å²) in [6.45, 7) is 0. The normalized spacial score (nSPS) is 11.1. The van der Waals surface area contributed by atoms with Crippen molar-refractivity contribution in [2.75, 3.05) is 0 Å². The highest BCUT2D eigenvalue weighted by Crippen LogP contribution is 2.34. The molecule has 6 heteroatoms. The van der Waals surface area contributed by atoms with Crippen molar-refractivity contribution in [3.63, 3.8) is 0 Å². The Morgan fingerprint density at radius 3 is 2.55 bits per heavy atom. The third-order valence-corrected chi connectivity index (χ3v) is 1.79. The first-order chi connectivity index (χ1) is 5.05. The zero-order valence-corrected chi connectivity index (χ0v) is 5.83. The summed E-state index contributed by atoms with van der Waals surface area (Å²) in [5.41, 5.74) is -0.414. The Balaban J connectivity index is 3.15. The number of halogens is 3. The number of nitriles is 1. The van der Waals surface area contributed by atoms with E-state index >= 15 is 0 Å². The molecule has 0 saturated carbocycles. The molecule has 0 bridgehead atoms. The topological polar surface area (TPSA) is 36.7 Å². The summed E-state index contributed by atoms with van der Waals surface area (Å²) in [6.07, 6.45) is -3.54. The molecule has 0 aliphatic carbocycles. The van der Waals surface area contributed by atoms with Crippen LogP contribution in [0.3, 0.4) is 0 Å². The number of aromatic nitrogens is 1. The van der Waals surface area contributed by atoms with Gasteiger partial charge in [0.15, 0.2) is 0 Å². The lowest BCUT2D eigenvalue weighted by Crippen LogP contribution is -2.03. The zero-order chi connectivity index (χ0) is 8.48. The summed E-state index contributed by atoms with van der Waals surface area (Å²) in [5.74, 6) is 0. The van der Waals surface area contributed by atoms with E-state index in [1.807, 2.05) is 0 Å². The Kier molecular flexibility index (Phi) is 1.83. The third-order valence-electron chi connectivity index (χ3n) is 0.948. The maximum atomic E-state index is 11.9. The van der Waals surface area contributed by atoms with Gasteiger partial charge in [0, 0.05) is 0 Å². The van der Waals surface area contributed by atoms with Crippen LogP contribution in [0.2, 0.25) is 0 Å². The number of hydrogen-bond acceptors (Lipinski definition) is 3. The van der Waals surface area contributed by atoms with Crippen molar-refractivity contribution in [3.05, 3.63) is 16.6 Å². The Bertz CT molecular complexity index is 295.